The molecule has 0 aliphatic carbocycles. The first-order valence-corrected chi connectivity index (χ1v) is 10.4. The Morgan fingerprint density at radius 1 is 1.23 bits per heavy atom. The van der Waals surface area contributed by atoms with Crippen molar-refractivity contribution in [2.24, 2.45) is 0 Å². The van der Waals surface area contributed by atoms with Crippen LogP contribution < -0.4 is 10.9 Å². The number of nitrogens with zero attached hydrogens (tertiary/aromatic N) is 2. The van der Waals surface area contributed by atoms with E-state index in [4.69, 9.17) is 9.15 Å². The summed E-state index contributed by atoms with van der Waals surface area (Å²) in [5.41, 5.74) is 0.421. The Kier molecular flexibility index (Phi) is 5.43. The van der Waals surface area contributed by atoms with Crippen molar-refractivity contribution in [3.8, 4) is 5.69 Å². The number of ether oxygens (including phenoxy) is 1. The zero-order chi connectivity index (χ0) is 22.1. The molecule has 1 amide bonds. The quantitative estimate of drug-likeness (QED) is 0.472. The number of para-hydroxylation sites is 1. The molecule has 0 saturated carbocycles. The smallest absolute Gasteiger partial charge is 0.359 e. The second-order valence-electron chi connectivity index (χ2n) is 6.76. The molecule has 1 N–H and O–H groups in total. The van der Waals surface area contributed by atoms with Crippen LogP contribution in [0.2, 0.25) is 0 Å². The molecule has 9 heteroatoms. The van der Waals surface area contributed by atoms with Gasteiger partial charge in [0.2, 0.25) is 0 Å². The summed E-state index contributed by atoms with van der Waals surface area (Å²) >= 11 is 1.14. The number of aryl methyl sites for hydroxylation is 2. The molecule has 0 radical (unpaired) electrons. The Morgan fingerprint density at radius 3 is 2.61 bits per heavy atom. The van der Waals surface area contributed by atoms with Crippen molar-refractivity contribution in [3.05, 3.63) is 74.9 Å². The minimum atomic E-state index is -0.644. The van der Waals surface area contributed by atoms with Crippen molar-refractivity contribution in [1.82, 2.24) is 9.78 Å². The predicted molar refractivity (Wildman–Crippen MR) is 117 cm³/mol. The number of esters is 1. The predicted octanol–water partition coefficient (Wildman–Crippen LogP) is 4.09. The molecule has 4 aromatic rings. The monoisotopic (exact) mass is 437 g/mol. The van der Waals surface area contributed by atoms with Gasteiger partial charge in [0.25, 0.3) is 11.5 Å². The number of amides is 1. The second-order valence-corrected chi connectivity index (χ2v) is 7.64. The van der Waals surface area contributed by atoms with E-state index in [0.29, 0.717) is 33.2 Å². The van der Waals surface area contributed by atoms with Crippen LogP contribution in [0.25, 0.3) is 16.5 Å². The van der Waals surface area contributed by atoms with Crippen LogP contribution in [-0.2, 0) is 4.74 Å². The van der Waals surface area contributed by atoms with Crippen molar-refractivity contribution >= 4 is 39.0 Å². The maximum Gasteiger partial charge on any atom is 0.359 e. The molecule has 0 bridgehead atoms. The molecule has 1 aromatic carbocycles. The fraction of sp³-hybridized carbons (Fsp3) is 0.182. The molecular weight excluding hydrogens is 418 g/mol. The van der Waals surface area contributed by atoms with Gasteiger partial charge in [-0.05, 0) is 39.0 Å². The SMILES string of the molecule is CCOC(=O)c1nn(-c2ccccc2)c(=O)c2c(NC(=O)c3cc(C)oc3C)scc12. The van der Waals surface area contributed by atoms with Crippen LogP contribution >= 0.6 is 11.3 Å². The summed E-state index contributed by atoms with van der Waals surface area (Å²) in [6.07, 6.45) is 0. The summed E-state index contributed by atoms with van der Waals surface area (Å²) < 4.78 is 11.7. The van der Waals surface area contributed by atoms with Crippen LogP contribution in [0, 0.1) is 13.8 Å². The van der Waals surface area contributed by atoms with Gasteiger partial charge >= 0.3 is 5.97 Å². The number of fused-ring (bicyclic) bond motifs is 1. The van der Waals surface area contributed by atoms with Crippen molar-refractivity contribution < 1.29 is 18.7 Å². The molecule has 0 saturated heterocycles. The van der Waals surface area contributed by atoms with Crippen LogP contribution in [0.5, 0.6) is 0 Å². The van der Waals surface area contributed by atoms with Crippen LogP contribution in [0.3, 0.4) is 0 Å². The van der Waals surface area contributed by atoms with Crippen molar-refractivity contribution in [2.75, 3.05) is 11.9 Å². The van der Waals surface area contributed by atoms with E-state index in [0.717, 1.165) is 16.0 Å². The number of hydrogen-bond acceptors (Lipinski definition) is 7. The van der Waals surface area contributed by atoms with Gasteiger partial charge in [-0.3, -0.25) is 9.59 Å². The third kappa shape index (κ3) is 3.75. The standard InChI is InChI=1S/C22H19N3O5S/c1-4-29-22(28)18-16-11-31-20(23-19(26)15-10-12(2)30-13(15)3)17(16)21(27)25(24-18)14-8-6-5-7-9-14/h5-11H,4H2,1-3H3,(H,23,26). The van der Waals surface area contributed by atoms with Crippen molar-refractivity contribution in [3.63, 3.8) is 0 Å². The molecule has 158 valence electrons. The lowest BCUT2D eigenvalue weighted by atomic mass is 10.2. The van der Waals surface area contributed by atoms with Crippen LogP contribution in [0.15, 0.2) is 51.0 Å². The highest BCUT2D eigenvalue weighted by atomic mass is 32.1. The zero-order valence-electron chi connectivity index (χ0n) is 17.1. The number of thiophene rings is 1. The summed E-state index contributed by atoms with van der Waals surface area (Å²) in [6.45, 7) is 5.30. The molecule has 4 rings (SSSR count). The van der Waals surface area contributed by atoms with Gasteiger partial charge in [0, 0.05) is 10.8 Å². The van der Waals surface area contributed by atoms with E-state index in [-0.39, 0.29) is 17.7 Å². The first-order chi connectivity index (χ1) is 14.9. The van der Waals surface area contributed by atoms with E-state index < -0.39 is 17.4 Å². The van der Waals surface area contributed by atoms with E-state index in [9.17, 15) is 14.4 Å². The summed E-state index contributed by atoms with van der Waals surface area (Å²) in [5, 5.41) is 9.51. The van der Waals surface area contributed by atoms with E-state index >= 15 is 0 Å². The normalized spacial score (nSPS) is 10.9. The number of rotatable bonds is 5. The summed E-state index contributed by atoms with van der Waals surface area (Å²) in [4.78, 5) is 38.7. The zero-order valence-corrected chi connectivity index (χ0v) is 17.9. The van der Waals surface area contributed by atoms with Crippen LogP contribution in [0.4, 0.5) is 5.00 Å². The number of nitrogens with one attached hydrogen (secondary N) is 1. The Morgan fingerprint density at radius 2 is 1.97 bits per heavy atom. The number of anilines is 1. The maximum atomic E-state index is 13.3. The number of carbonyl (C=O) groups excluding carboxylic acids is 2. The Balaban J connectivity index is 1.89. The third-order valence-corrected chi connectivity index (χ3v) is 5.53. The molecule has 0 fully saturated rings. The van der Waals surface area contributed by atoms with Gasteiger partial charge in [-0.15, -0.1) is 11.3 Å². The largest absolute Gasteiger partial charge is 0.466 e. The number of carbonyl (C=O) groups is 2. The van der Waals surface area contributed by atoms with Crippen LogP contribution in [0.1, 0.15) is 39.3 Å². The van der Waals surface area contributed by atoms with Crippen molar-refractivity contribution in [1.29, 1.82) is 0 Å². The van der Waals surface area contributed by atoms with E-state index in [2.05, 4.69) is 10.4 Å². The Labute approximate surface area is 181 Å². The molecule has 0 spiro atoms. The molecular formula is C22H19N3O5S. The van der Waals surface area contributed by atoms with E-state index in [1.807, 2.05) is 6.07 Å². The fourth-order valence-electron chi connectivity index (χ4n) is 3.26. The molecule has 8 nitrogen and oxygen atoms in total. The lowest BCUT2D eigenvalue weighted by molar-refractivity contribution is 0.0520. The highest BCUT2D eigenvalue weighted by molar-refractivity contribution is 7.16. The molecule has 0 aliphatic rings. The lowest BCUT2D eigenvalue weighted by Gasteiger charge is -2.09. The van der Waals surface area contributed by atoms with Gasteiger partial charge in [-0.2, -0.15) is 9.78 Å². The Hall–Kier alpha value is -3.72. The number of benzene rings is 1. The fourth-order valence-corrected chi connectivity index (χ4v) is 4.19. The summed E-state index contributed by atoms with van der Waals surface area (Å²) in [7, 11) is 0. The van der Waals surface area contributed by atoms with Crippen molar-refractivity contribution in [2.45, 2.75) is 20.8 Å². The minimum absolute atomic E-state index is 0.00684. The molecule has 0 unspecified atom stereocenters. The molecule has 3 heterocycles. The highest BCUT2D eigenvalue weighted by Crippen LogP contribution is 2.31. The van der Waals surface area contributed by atoms with Crippen LogP contribution in [-0.4, -0.2) is 28.3 Å². The van der Waals surface area contributed by atoms with E-state index in [1.54, 1.807) is 56.5 Å². The third-order valence-electron chi connectivity index (χ3n) is 4.63. The lowest BCUT2D eigenvalue weighted by Crippen LogP contribution is -2.25. The molecule has 31 heavy (non-hydrogen) atoms. The number of furan rings is 1. The molecule has 3 aromatic heterocycles. The first kappa shape index (κ1) is 20.5. The second kappa shape index (κ2) is 8.19. The summed E-state index contributed by atoms with van der Waals surface area (Å²) in [6, 6.07) is 10.4. The van der Waals surface area contributed by atoms with Gasteiger partial charge in [-0.25, -0.2) is 4.79 Å². The van der Waals surface area contributed by atoms with Gasteiger partial charge < -0.3 is 14.5 Å². The first-order valence-electron chi connectivity index (χ1n) is 9.56. The van der Waals surface area contributed by atoms with Gasteiger partial charge in [-0.1, -0.05) is 18.2 Å². The Bertz CT molecular complexity index is 1350. The maximum absolute atomic E-state index is 13.3. The number of hydrogen-bond donors (Lipinski definition) is 1. The average Bonchev–Trinajstić information content (AvgIpc) is 3.32. The summed E-state index contributed by atoms with van der Waals surface area (Å²) in [5.74, 6) is 0.0396. The minimum Gasteiger partial charge on any atom is -0.466 e. The highest BCUT2D eigenvalue weighted by Gasteiger charge is 2.24. The van der Waals surface area contributed by atoms with Gasteiger partial charge in [0.05, 0.1) is 23.2 Å². The topological polar surface area (TPSA) is 103 Å². The van der Waals surface area contributed by atoms with E-state index in [1.165, 1.54) is 0 Å². The average molecular weight is 437 g/mol. The number of aromatic nitrogens is 2. The molecule has 0 aliphatic heterocycles. The molecule has 0 atom stereocenters. The van der Waals surface area contributed by atoms with Gasteiger partial charge in [0.1, 0.15) is 16.5 Å². The van der Waals surface area contributed by atoms with Gasteiger partial charge in [0.15, 0.2) is 5.69 Å².